The summed E-state index contributed by atoms with van der Waals surface area (Å²) >= 11 is 0.855. The second kappa shape index (κ2) is 8.11. The van der Waals surface area contributed by atoms with Gasteiger partial charge in [-0.2, -0.15) is 4.31 Å². The van der Waals surface area contributed by atoms with E-state index < -0.39 is 21.9 Å². The van der Waals surface area contributed by atoms with Crippen molar-refractivity contribution in [3.8, 4) is 0 Å². The smallest absolute Gasteiger partial charge is 0.362 e. The maximum atomic E-state index is 12.5. The number of nitrogens with zero attached hydrogens (tertiary/aromatic N) is 3. The topological polar surface area (TPSA) is 119 Å². The first-order chi connectivity index (χ1) is 12.9. The highest BCUT2D eigenvalue weighted by Crippen LogP contribution is 2.22. The molecule has 0 unspecified atom stereocenters. The number of sulfonamides is 1. The molecule has 1 saturated heterocycles. The van der Waals surface area contributed by atoms with Gasteiger partial charge in [0, 0.05) is 30.2 Å². The molecule has 2 aromatic rings. The number of carbonyl (C=O) groups is 2. The van der Waals surface area contributed by atoms with Gasteiger partial charge in [-0.3, -0.25) is 4.79 Å². The third-order valence-corrected chi connectivity index (χ3v) is 6.56. The van der Waals surface area contributed by atoms with Gasteiger partial charge in [-0.25, -0.2) is 13.2 Å². The maximum absolute atomic E-state index is 12.5. The van der Waals surface area contributed by atoms with E-state index >= 15 is 0 Å². The number of aromatic nitrogens is 2. The Labute approximate surface area is 160 Å². The Balaban J connectivity index is 1.73. The quantitative estimate of drug-likeness (QED) is 0.721. The lowest BCUT2D eigenvalue weighted by atomic mass is 10.2. The molecule has 1 aromatic heterocycles. The minimum Gasteiger partial charge on any atom is -0.461 e. The first-order valence-electron chi connectivity index (χ1n) is 8.34. The van der Waals surface area contributed by atoms with Crippen molar-refractivity contribution in [2.75, 3.05) is 25.0 Å². The van der Waals surface area contributed by atoms with Crippen LogP contribution in [0.1, 0.15) is 40.6 Å². The highest BCUT2D eigenvalue weighted by atomic mass is 32.2. The van der Waals surface area contributed by atoms with Crippen molar-refractivity contribution < 1.29 is 22.7 Å². The number of ether oxygens (including phenoxy) is 1. The molecule has 144 valence electrons. The Morgan fingerprint density at radius 1 is 1.22 bits per heavy atom. The molecule has 0 atom stereocenters. The SMILES string of the molecule is CCOC(=O)c1nnsc1NC(=O)c1ccc(S(=O)(=O)N2CCCC2)cc1. The number of amides is 1. The van der Waals surface area contributed by atoms with Gasteiger partial charge in [-0.15, -0.1) is 5.10 Å². The van der Waals surface area contributed by atoms with Gasteiger partial charge >= 0.3 is 5.97 Å². The Kier molecular flexibility index (Phi) is 5.82. The molecule has 0 radical (unpaired) electrons. The zero-order valence-corrected chi connectivity index (χ0v) is 16.2. The molecule has 0 spiro atoms. The van der Waals surface area contributed by atoms with E-state index in [4.69, 9.17) is 4.74 Å². The molecular formula is C16H18N4O5S2. The van der Waals surface area contributed by atoms with Crippen LogP contribution in [0.3, 0.4) is 0 Å². The first kappa shape index (κ1) is 19.4. The van der Waals surface area contributed by atoms with E-state index in [9.17, 15) is 18.0 Å². The van der Waals surface area contributed by atoms with Gasteiger partial charge in [0.25, 0.3) is 5.91 Å². The zero-order valence-electron chi connectivity index (χ0n) is 14.5. The molecule has 1 fully saturated rings. The number of nitrogens with one attached hydrogen (secondary N) is 1. The number of esters is 1. The van der Waals surface area contributed by atoms with Crippen molar-refractivity contribution in [2.24, 2.45) is 0 Å². The summed E-state index contributed by atoms with van der Waals surface area (Å²) in [5.74, 6) is -1.18. The average Bonchev–Trinajstić information content (AvgIpc) is 3.34. The van der Waals surface area contributed by atoms with Gasteiger partial charge in [0.2, 0.25) is 15.7 Å². The van der Waals surface area contributed by atoms with Crippen LogP contribution in [-0.4, -0.2) is 53.9 Å². The third kappa shape index (κ3) is 4.15. The summed E-state index contributed by atoms with van der Waals surface area (Å²) in [5.41, 5.74) is 0.182. The summed E-state index contributed by atoms with van der Waals surface area (Å²) in [4.78, 5) is 24.3. The van der Waals surface area contributed by atoms with Crippen LogP contribution in [0.5, 0.6) is 0 Å². The Morgan fingerprint density at radius 2 is 1.89 bits per heavy atom. The Bertz CT molecular complexity index is 934. The van der Waals surface area contributed by atoms with Gasteiger partial charge < -0.3 is 10.1 Å². The highest BCUT2D eigenvalue weighted by molar-refractivity contribution is 7.89. The van der Waals surface area contributed by atoms with Crippen LogP contribution < -0.4 is 5.32 Å². The molecule has 0 bridgehead atoms. The molecule has 1 amide bonds. The fraction of sp³-hybridized carbons (Fsp3) is 0.375. The summed E-state index contributed by atoms with van der Waals surface area (Å²) in [6.07, 6.45) is 1.71. The van der Waals surface area contributed by atoms with Crippen molar-refractivity contribution in [3.05, 3.63) is 35.5 Å². The molecule has 1 N–H and O–H groups in total. The van der Waals surface area contributed by atoms with Gasteiger partial charge in [0.15, 0.2) is 5.00 Å². The third-order valence-electron chi connectivity index (χ3n) is 4.00. The molecule has 1 aliphatic heterocycles. The summed E-state index contributed by atoms with van der Waals surface area (Å²) in [6.45, 7) is 2.86. The van der Waals surface area contributed by atoms with Crippen LogP contribution in [0.4, 0.5) is 5.00 Å². The van der Waals surface area contributed by atoms with Crippen molar-refractivity contribution in [2.45, 2.75) is 24.7 Å². The van der Waals surface area contributed by atoms with Crippen LogP contribution in [0.15, 0.2) is 29.2 Å². The summed E-state index contributed by atoms with van der Waals surface area (Å²) in [6, 6.07) is 5.66. The number of rotatable bonds is 6. The van der Waals surface area contributed by atoms with Gasteiger partial charge in [0.1, 0.15) is 0 Å². The number of anilines is 1. The minimum absolute atomic E-state index is 0.0663. The largest absolute Gasteiger partial charge is 0.461 e. The van der Waals surface area contributed by atoms with E-state index in [1.807, 2.05) is 0 Å². The van der Waals surface area contributed by atoms with E-state index in [1.165, 1.54) is 28.6 Å². The minimum atomic E-state index is -3.53. The van der Waals surface area contributed by atoms with Crippen LogP contribution in [-0.2, 0) is 14.8 Å². The van der Waals surface area contributed by atoms with Crippen molar-refractivity contribution in [3.63, 3.8) is 0 Å². The number of hydrogen-bond donors (Lipinski definition) is 1. The molecule has 0 aliphatic carbocycles. The van der Waals surface area contributed by atoms with Crippen molar-refractivity contribution >= 4 is 38.4 Å². The second-order valence-corrected chi connectivity index (χ2v) is 8.45. The molecule has 27 heavy (non-hydrogen) atoms. The predicted molar refractivity (Wildman–Crippen MR) is 98.3 cm³/mol. The van der Waals surface area contributed by atoms with Gasteiger partial charge in [-0.1, -0.05) is 4.49 Å². The molecular weight excluding hydrogens is 392 g/mol. The molecule has 1 aliphatic rings. The maximum Gasteiger partial charge on any atom is 0.362 e. The van der Waals surface area contributed by atoms with Crippen molar-refractivity contribution in [1.29, 1.82) is 0 Å². The van der Waals surface area contributed by atoms with Gasteiger partial charge in [0.05, 0.1) is 11.5 Å². The molecule has 3 rings (SSSR count). The van der Waals surface area contributed by atoms with Crippen LogP contribution in [0.25, 0.3) is 0 Å². The van der Waals surface area contributed by atoms with E-state index in [0.717, 1.165) is 24.4 Å². The second-order valence-electron chi connectivity index (χ2n) is 5.76. The normalized spacial score (nSPS) is 14.9. The van der Waals surface area contributed by atoms with E-state index in [2.05, 4.69) is 14.9 Å². The number of hydrogen-bond acceptors (Lipinski definition) is 8. The van der Waals surface area contributed by atoms with Gasteiger partial charge in [-0.05, 0) is 44.0 Å². The van der Waals surface area contributed by atoms with E-state index in [0.29, 0.717) is 13.1 Å². The average molecular weight is 410 g/mol. The van der Waals surface area contributed by atoms with Crippen LogP contribution in [0, 0.1) is 0 Å². The summed E-state index contributed by atoms with van der Waals surface area (Å²) in [7, 11) is -3.53. The standard InChI is InChI=1S/C16H18N4O5S2/c1-2-25-16(22)13-15(26-19-18-13)17-14(21)11-5-7-12(8-6-11)27(23,24)20-9-3-4-10-20/h5-8H,2-4,9-10H2,1H3,(H,17,21). The Hall–Kier alpha value is -2.37. The number of carbonyl (C=O) groups excluding carboxylic acids is 2. The highest BCUT2D eigenvalue weighted by Gasteiger charge is 2.27. The molecule has 1 aromatic carbocycles. The van der Waals surface area contributed by atoms with Crippen LogP contribution in [0.2, 0.25) is 0 Å². The first-order valence-corrected chi connectivity index (χ1v) is 10.6. The lowest BCUT2D eigenvalue weighted by molar-refractivity contribution is 0.0520. The summed E-state index contributed by atoms with van der Waals surface area (Å²) < 4.78 is 35.0. The van der Waals surface area contributed by atoms with E-state index in [-0.39, 0.29) is 27.8 Å². The zero-order chi connectivity index (χ0) is 19.4. The fourth-order valence-electron chi connectivity index (χ4n) is 2.64. The van der Waals surface area contributed by atoms with E-state index in [1.54, 1.807) is 6.92 Å². The van der Waals surface area contributed by atoms with Crippen molar-refractivity contribution in [1.82, 2.24) is 13.9 Å². The Morgan fingerprint density at radius 3 is 2.52 bits per heavy atom. The monoisotopic (exact) mass is 410 g/mol. The molecule has 9 nitrogen and oxygen atoms in total. The molecule has 0 saturated carbocycles. The van der Waals surface area contributed by atoms with Crippen LogP contribution >= 0.6 is 11.5 Å². The molecule has 11 heteroatoms. The predicted octanol–water partition coefficient (Wildman–Crippen LogP) is 1.75. The number of benzene rings is 1. The summed E-state index contributed by atoms with van der Waals surface area (Å²) in [5, 5.41) is 6.39. The molecule has 2 heterocycles. The fourth-order valence-corrected chi connectivity index (χ4v) is 4.71. The lowest BCUT2D eigenvalue weighted by Gasteiger charge is -2.15. The lowest BCUT2D eigenvalue weighted by Crippen LogP contribution is -2.27.